The first-order chi connectivity index (χ1) is 12.9. The summed E-state index contributed by atoms with van der Waals surface area (Å²) in [5, 5.41) is 3.61. The molecule has 0 amide bonds. The largest absolute Gasteiger partial charge is 0.497 e. The Bertz CT molecular complexity index is 603. The predicted octanol–water partition coefficient (Wildman–Crippen LogP) is 6.07. The summed E-state index contributed by atoms with van der Waals surface area (Å²) in [6.07, 6.45) is 2.90. The third-order valence-corrected chi connectivity index (χ3v) is 5.97. The highest BCUT2D eigenvalue weighted by Crippen LogP contribution is 2.52. The van der Waals surface area contributed by atoms with Crippen molar-refractivity contribution in [3.05, 3.63) is 41.2 Å². The highest BCUT2D eigenvalue weighted by atomic mass is 31.2. The van der Waals surface area contributed by atoms with Crippen LogP contribution in [0.5, 0.6) is 5.75 Å². The van der Waals surface area contributed by atoms with E-state index in [2.05, 4.69) is 26.1 Å². The molecule has 1 atom stereocenters. The van der Waals surface area contributed by atoms with Crippen molar-refractivity contribution in [3.8, 4) is 5.75 Å². The summed E-state index contributed by atoms with van der Waals surface area (Å²) in [4.78, 5) is 0. The Hall–Kier alpha value is -1.13. The molecule has 0 fully saturated rings. The maximum Gasteiger partial charge on any atom is 0.354 e. The Morgan fingerprint density at radius 3 is 2.15 bits per heavy atom. The van der Waals surface area contributed by atoms with Gasteiger partial charge in [-0.3, -0.25) is 4.57 Å². The van der Waals surface area contributed by atoms with Gasteiger partial charge in [-0.15, -0.1) is 0 Å². The van der Waals surface area contributed by atoms with Gasteiger partial charge in [0.05, 0.1) is 26.4 Å². The van der Waals surface area contributed by atoms with Gasteiger partial charge >= 0.3 is 7.60 Å². The van der Waals surface area contributed by atoms with Crippen LogP contribution in [0.3, 0.4) is 0 Å². The Labute approximate surface area is 165 Å². The van der Waals surface area contributed by atoms with Crippen LogP contribution in [0.25, 0.3) is 0 Å². The molecule has 1 rings (SSSR count). The van der Waals surface area contributed by atoms with E-state index in [0.29, 0.717) is 13.2 Å². The second kappa shape index (κ2) is 12.4. The zero-order chi connectivity index (χ0) is 20.3. The molecule has 0 saturated heterocycles. The smallest absolute Gasteiger partial charge is 0.354 e. The highest BCUT2D eigenvalue weighted by Gasteiger charge is 2.26. The average molecular weight is 397 g/mol. The Morgan fingerprint density at radius 2 is 1.70 bits per heavy atom. The second-order valence-corrected chi connectivity index (χ2v) is 8.56. The minimum Gasteiger partial charge on any atom is -0.497 e. The quantitative estimate of drug-likeness (QED) is 0.409. The molecule has 0 bridgehead atoms. The minimum atomic E-state index is -3.28. The van der Waals surface area contributed by atoms with E-state index in [-0.39, 0.29) is 12.1 Å². The number of methoxy groups -OCH3 is 1. The summed E-state index contributed by atoms with van der Waals surface area (Å²) in [6, 6.07) is 8.20. The molecule has 1 aromatic carbocycles. The van der Waals surface area contributed by atoms with Gasteiger partial charge in [-0.1, -0.05) is 25.5 Å². The van der Waals surface area contributed by atoms with E-state index in [9.17, 15) is 4.57 Å². The van der Waals surface area contributed by atoms with Crippen LogP contribution in [0, 0.1) is 0 Å². The molecule has 1 aromatic rings. The van der Waals surface area contributed by atoms with Gasteiger partial charge < -0.3 is 19.1 Å². The van der Waals surface area contributed by atoms with Crippen LogP contribution >= 0.6 is 7.60 Å². The van der Waals surface area contributed by atoms with Gasteiger partial charge in [0.25, 0.3) is 0 Å². The molecular formula is C21H36NO4P. The maximum atomic E-state index is 13.1. The van der Waals surface area contributed by atoms with Crippen molar-refractivity contribution in [2.24, 2.45) is 0 Å². The molecule has 27 heavy (non-hydrogen) atoms. The van der Waals surface area contributed by atoms with Gasteiger partial charge in [0.15, 0.2) is 0 Å². The molecule has 1 N–H and O–H groups in total. The fourth-order valence-electron chi connectivity index (χ4n) is 2.89. The summed E-state index contributed by atoms with van der Waals surface area (Å²) in [6.45, 7) is 10.7. The molecule has 5 nitrogen and oxygen atoms in total. The maximum absolute atomic E-state index is 13.1. The molecule has 0 heterocycles. The molecule has 1 unspecified atom stereocenters. The molecule has 0 aliphatic rings. The standard InChI is InChI=1S/C21H36NO4P/c1-7-10-11-19(16-27(23,25-8-2)26-9-3)21(22-17(4)5)18-12-14-20(24-6)15-13-18/h12-17,21-22H,7-11H2,1-6H3/b19-16+. The van der Waals surface area contributed by atoms with E-state index >= 15 is 0 Å². The number of benzene rings is 1. The molecule has 0 saturated carbocycles. The average Bonchev–Trinajstić information content (AvgIpc) is 2.63. The van der Waals surface area contributed by atoms with Gasteiger partial charge in [-0.05, 0) is 63.8 Å². The fraction of sp³-hybridized carbons (Fsp3) is 0.619. The minimum absolute atomic E-state index is 0.0586. The fourth-order valence-corrected chi connectivity index (χ4v) is 4.51. The molecular weight excluding hydrogens is 361 g/mol. The first-order valence-corrected chi connectivity index (χ1v) is 11.5. The monoisotopic (exact) mass is 397 g/mol. The lowest BCUT2D eigenvalue weighted by atomic mass is 9.95. The van der Waals surface area contributed by atoms with E-state index in [0.717, 1.165) is 36.1 Å². The Balaban J connectivity index is 3.35. The van der Waals surface area contributed by atoms with E-state index < -0.39 is 7.60 Å². The van der Waals surface area contributed by atoms with Crippen molar-refractivity contribution in [2.75, 3.05) is 20.3 Å². The van der Waals surface area contributed by atoms with Gasteiger partial charge in [0, 0.05) is 11.9 Å². The van der Waals surface area contributed by atoms with E-state index in [1.807, 2.05) is 38.1 Å². The normalized spacial score (nSPS) is 13.8. The summed E-state index contributed by atoms with van der Waals surface area (Å²) in [7, 11) is -1.62. The number of nitrogens with one attached hydrogen (secondary N) is 1. The molecule has 0 aliphatic carbocycles. The van der Waals surface area contributed by atoms with Gasteiger partial charge in [-0.2, -0.15) is 0 Å². The molecule has 6 heteroatoms. The summed E-state index contributed by atoms with van der Waals surface area (Å²) >= 11 is 0. The molecule has 0 aromatic heterocycles. The predicted molar refractivity (Wildman–Crippen MR) is 112 cm³/mol. The van der Waals surface area contributed by atoms with Gasteiger partial charge in [0.1, 0.15) is 5.75 Å². The lowest BCUT2D eigenvalue weighted by molar-refractivity contribution is 0.228. The van der Waals surface area contributed by atoms with Crippen molar-refractivity contribution in [1.29, 1.82) is 0 Å². The molecule has 0 radical (unpaired) electrons. The van der Waals surface area contributed by atoms with E-state index in [4.69, 9.17) is 13.8 Å². The number of ether oxygens (including phenoxy) is 1. The highest BCUT2D eigenvalue weighted by molar-refractivity contribution is 7.57. The Kier molecular flexibility index (Phi) is 10.9. The molecule has 154 valence electrons. The summed E-state index contributed by atoms with van der Waals surface area (Å²) in [5.74, 6) is 2.55. The number of unbranched alkanes of at least 4 members (excludes halogenated alkanes) is 1. The number of hydrogen-bond acceptors (Lipinski definition) is 5. The van der Waals surface area contributed by atoms with Crippen molar-refractivity contribution < 1.29 is 18.3 Å². The number of hydrogen-bond donors (Lipinski definition) is 1. The summed E-state index contributed by atoms with van der Waals surface area (Å²) < 4.78 is 29.5. The Morgan fingerprint density at radius 1 is 1.11 bits per heavy atom. The van der Waals surface area contributed by atoms with E-state index in [1.165, 1.54) is 0 Å². The van der Waals surface area contributed by atoms with Crippen LogP contribution in [-0.2, 0) is 13.6 Å². The van der Waals surface area contributed by atoms with Gasteiger partial charge in [0.2, 0.25) is 0 Å². The van der Waals surface area contributed by atoms with Crippen LogP contribution in [0.1, 0.15) is 65.5 Å². The van der Waals surface area contributed by atoms with E-state index in [1.54, 1.807) is 12.9 Å². The molecule has 0 aliphatic heterocycles. The zero-order valence-electron chi connectivity index (χ0n) is 17.7. The van der Waals surface area contributed by atoms with Crippen LogP contribution < -0.4 is 10.1 Å². The van der Waals surface area contributed by atoms with Crippen LogP contribution in [0.15, 0.2) is 35.7 Å². The van der Waals surface area contributed by atoms with Crippen LogP contribution in [0.4, 0.5) is 0 Å². The topological polar surface area (TPSA) is 56.8 Å². The SMILES string of the molecule is CCCC/C(=C\P(=O)(OCC)OCC)C(NC(C)C)c1ccc(OC)cc1. The zero-order valence-corrected chi connectivity index (χ0v) is 18.6. The molecule has 0 spiro atoms. The first-order valence-electron chi connectivity index (χ1n) is 9.89. The lowest BCUT2D eigenvalue weighted by Gasteiger charge is -2.26. The van der Waals surface area contributed by atoms with Crippen molar-refractivity contribution >= 4 is 7.60 Å². The third kappa shape index (κ3) is 8.18. The first kappa shape index (κ1) is 23.9. The van der Waals surface area contributed by atoms with Crippen molar-refractivity contribution in [2.45, 2.75) is 66.0 Å². The lowest BCUT2D eigenvalue weighted by Crippen LogP contribution is -2.29. The van der Waals surface area contributed by atoms with Gasteiger partial charge in [-0.25, -0.2) is 0 Å². The second-order valence-electron chi connectivity index (χ2n) is 6.71. The van der Waals surface area contributed by atoms with Crippen LogP contribution in [-0.4, -0.2) is 26.4 Å². The number of rotatable bonds is 13. The summed E-state index contributed by atoms with van der Waals surface area (Å²) in [5.41, 5.74) is 2.15. The van der Waals surface area contributed by atoms with Crippen LogP contribution in [0.2, 0.25) is 0 Å². The van der Waals surface area contributed by atoms with Crippen molar-refractivity contribution in [3.63, 3.8) is 0 Å². The third-order valence-electron chi connectivity index (χ3n) is 4.08. The van der Waals surface area contributed by atoms with Crippen molar-refractivity contribution in [1.82, 2.24) is 5.32 Å².